The number of nitrogens with two attached hydrogens (primary N) is 1. The highest BCUT2D eigenvalue weighted by molar-refractivity contribution is 4.87. The lowest BCUT2D eigenvalue weighted by Gasteiger charge is -2.42. The van der Waals surface area contributed by atoms with Gasteiger partial charge >= 0.3 is 0 Å². The average Bonchev–Trinajstić information content (AvgIpc) is 2.30. The predicted molar refractivity (Wildman–Crippen MR) is 75.4 cm³/mol. The Hall–Kier alpha value is -0.120. The van der Waals surface area contributed by atoms with Crippen LogP contribution in [-0.2, 0) is 0 Å². The van der Waals surface area contributed by atoms with E-state index in [0.717, 1.165) is 25.0 Å². The van der Waals surface area contributed by atoms with Gasteiger partial charge in [-0.25, -0.2) is 0 Å². The molecule has 2 fully saturated rings. The van der Waals surface area contributed by atoms with Gasteiger partial charge in [0.25, 0.3) is 0 Å². The van der Waals surface area contributed by atoms with Gasteiger partial charge in [-0.15, -0.1) is 0 Å². The summed E-state index contributed by atoms with van der Waals surface area (Å²) in [5.41, 5.74) is 6.31. The number of hydrogen-bond donors (Lipinski definition) is 2. The molecule has 2 aliphatic rings. The van der Waals surface area contributed by atoms with Gasteiger partial charge < -0.3 is 10.8 Å². The zero-order valence-corrected chi connectivity index (χ0v) is 11.9. The summed E-state index contributed by atoms with van der Waals surface area (Å²) in [6.07, 6.45) is 9.11. The number of rotatable bonds is 6. The molecule has 0 aromatic heterocycles. The topological polar surface area (TPSA) is 49.5 Å². The molecule has 2 saturated carbocycles. The van der Waals surface area contributed by atoms with Crippen molar-refractivity contribution in [3.8, 4) is 0 Å². The average molecular weight is 254 g/mol. The van der Waals surface area contributed by atoms with Crippen LogP contribution in [-0.4, -0.2) is 41.8 Å². The van der Waals surface area contributed by atoms with Crippen LogP contribution in [0.4, 0.5) is 0 Å². The van der Waals surface area contributed by atoms with Gasteiger partial charge in [0.1, 0.15) is 0 Å². The highest BCUT2D eigenvalue weighted by Gasteiger charge is 2.32. The third-order valence-corrected chi connectivity index (χ3v) is 5.17. The third kappa shape index (κ3) is 3.46. The monoisotopic (exact) mass is 254 g/mol. The van der Waals surface area contributed by atoms with E-state index in [4.69, 9.17) is 5.73 Å². The molecule has 0 heterocycles. The maximum atomic E-state index is 9.23. The van der Waals surface area contributed by atoms with Gasteiger partial charge in [0.15, 0.2) is 0 Å². The van der Waals surface area contributed by atoms with E-state index >= 15 is 0 Å². The molecule has 0 aromatic rings. The first kappa shape index (κ1) is 14.3. The maximum Gasteiger partial charge on any atom is 0.0558 e. The van der Waals surface area contributed by atoms with Crippen LogP contribution in [0.3, 0.4) is 0 Å². The summed E-state index contributed by atoms with van der Waals surface area (Å²) in [7, 11) is 0. The van der Waals surface area contributed by atoms with E-state index in [9.17, 15) is 5.11 Å². The molecule has 0 aliphatic heterocycles. The largest absolute Gasteiger partial charge is 0.395 e. The molecule has 3 atom stereocenters. The summed E-state index contributed by atoms with van der Waals surface area (Å²) in [5.74, 6) is 1.53. The Morgan fingerprint density at radius 2 is 2.00 bits per heavy atom. The van der Waals surface area contributed by atoms with Crippen LogP contribution in [0.15, 0.2) is 0 Å². The van der Waals surface area contributed by atoms with Crippen molar-refractivity contribution in [3.63, 3.8) is 0 Å². The highest BCUT2D eigenvalue weighted by atomic mass is 16.3. The van der Waals surface area contributed by atoms with E-state index in [1.54, 1.807) is 0 Å². The Morgan fingerprint density at radius 1 is 1.22 bits per heavy atom. The van der Waals surface area contributed by atoms with Crippen LogP contribution in [0.5, 0.6) is 0 Å². The summed E-state index contributed by atoms with van der Waals surface area (Å²) in [6, 6.07) is 1.11. The van der Waals surface area contributed by atoms with Crippen molar-refractivity contribution in [2.24, 2.45) is 17.6 Å². The van der Waals surface area contributed by atoms with Gasteiger partial charge in [0, 0.05) is 25.2 Å². The SMILES string of the molecule is CCC1CCC(N)C(CN(CCO)C2CCC2)C1. The Kier molecular flexibility index (Phi) is 5.46. The van der Waals surface area contributed by atoms with Crippen LogP contribution in [0.2, 0.25) is 0 Å². The minimum Gasteiger partial charge on any atom is -0.395 e. The molecule has 3 N–H and O–H groups in total. The minimum absolute atomic E-state index is 0.287. The second-order valence-corrected chi connectivity index (χ2v) is 6.31. The molecule has 3 unspecified atom stereocenters. The lowest BCUT2D eigenvalue weighted by atomic mass is 9.76. The van der Waals surface area contributed by atoms with Gasteiger partial charge in [-0.05, 0) is 43.9 Å². The summed E-state index contributed by atoms with van der Waals surface area (Å²) in [5, 5.41) is 9.23. The van der Waals surface area contributed by atoms with Crippen molar-refractivity contribution in [1.82, 2.24) is 4.90 Å². The molecule has 0 saturated heterocycles. The first-order valence-electron chi connectivity index (χ1n) is 7.85. The second-order valence-electron chi connectivity index (χ2n) is 6.31. The van der Waals surface area contributed by atoms with Crippen molar-refractivity contribution in [3.05, 3.63) is 0 Å². The fraction of sp³-hybridized carbons (Fsp3) is 1.00. The molecule has 0 bridgehead atoms. The van der Waals surface area contributed by atoms with Gasteiger partial charge in [-0.3, -0.25) is 4.90 Å². The molecule has 0 amide bonds. The van der Waals surface area contributed by atoms with Crippen LogP contribution in [0.1, 0.15) is 51.9 Å². The molecular formula is C15H30N2O. The quantitative estimate of drug-likeness (QED) is 0.762. The molecule has 0 radical (unpaired) electrons. The van der Waals surface area contributed by atoms with E-state index in [2.05, 4.69) is 11.8 Å². The standard InChI is InChI=1S/C15H30N2O/c1-2-12-6-7-15(16)13(10-12)11-17(8-9-18)14-4-3-5-14/h12-15,18H,2-11,16H2,1H3. The molecule has 106 valence electrons. The van der Waals surface area contributed by atoms with Crippen molar-refractivity contribution >= 4 is 0 Å². The number of aliphatic hydroxyl groups excluding tert-OH is 1. The first-order valence-corrected chi connectivity index (χ1v) is 7.85. The van der Waals surface area contributed by atoms with E-state index in [-0.39, 0.29) is 6.61 Å². The Labute approximate surface area is 112 Å². The normalized spacial score (nSPS) is 33.7. The molecular weight excluding hydrogens is 224 g/mol. The summed E-state index contributed by atoms with van der Waals surface area (Å²) >= 11 is 0. The van der Waals surface area contributed by atoms with E-state index < -0.39 is 0 Å². The molecule has 2 rings (SSSR count). The van der Waals surface area contributed by atoms with Gasteiger partial charge in [0.05, 0.1) is 6.61 Å². The molecule has 0 spiro atoms. The summed E-state index contributed by atoms with van der Waals surface area (Å²) in [4.78, 5) is 2.51. The van der Waals surface area contributed by atoms with E-state index in [1.807, 2.05) is 0 Å². The van der Waals surface area contributed by atoms with Crippen molar-refractivity contribution in [1.29, 1.82) is 0 Å². The summed E-state index contributed by atoms with van der Waals surface area (Å²) < 4.78 is 0. The number of aliphatic hydroxyl groups is 1. The first-order chi connectivity index (χ1) is 8.74. The van der Waals surface area contributed by atoms with Gasteiger partial charge in [0.2, 0.25) is 0 Å². The van der Waals surface area contributed by atoms with Crippen LogP contribution in [0, 0.1) is 11.8 Å². The Balaban J connectivity index is 1.87. The van der Waals surface area contributed by atoms with Crippen LogP contribution >= 0.6 is 0 Å². The van der Waals surface area contributed by atoms with Gasteiger partial charge in [-0.2, -0.15) is 0 Å². The summed E-state index contributed by atoms with van der Waals surface area (Å²) in [6.45, 7) is 4.54. The number of nitrogens with zero attached hydrogens (tertiary/aromatic N) is 1. The molecule has 0 aromatic carbocycles. The lowest BCUT2D eigenvalue weighted by molar-refractivity contribution is 0.0654. The highest BCUT2D eigenvalue weighted by Crippen LogP contribution is 2.33. The zero-order chi connectivity index (χ0) is 13.0. The Bertz CT molecular complexity index is 243. The van der Waals surface area contributed by atoms with Crippen molar-refractivity contribution in [2.45, 2.75) is 64.0 Å². The van der Waals surface area contributed by atoms with Crippen molar-refractivity contribution < 1.29 is 5.11 Å². The van der Waals surface area contributed by atoms with Crippen LogP contribution < -0.4 is 5.73 Å². The molecule has 3 nitrogen and oxygen atoms in total. The molecule has 18 heavy (non-hydrogen) atoms. The third-order valence-electron chi connectivity index (χ3n) is 5.17. The lowest BCUT2D eigenvalue weighted by Crippen LogP contribution is -2.49. The fourth-order valence-electron chi connectivity index (χ4n) is 3.57. The van der Waals surface area contributed by atoms with E-state index in [0.29, 0.717) is 12.0 Å². The smallest absolute Gasteiger partial charge is 0.0558 e. The zero-order valence-electron chi connectivity index (χ0n) is 11.9. The molecule has 3 heteroatoms. The van der Waals surface area contributed by atoms with E-state index in [1.165, 1.54) is 44.9 Å². The number of hydrogen-bond acceptors (Lipinski definition) is 3. The second kappa shape index (κ2) is 6.88. The minimum atomic E-state index is 0.287. The fourth-order valence-corrected chi connectivity index (χ4v) is 3.57. The van der Waals surface area contributed by atoms with Crippen molar-refractivity contribution in [2.75, 3.05) is 19.7 Å². The maximum absolute atomic E-state index is 9.23. The molecule has 2 aliphatic carbocycles. The Morgan fingerprint density at radius 3 is 2.56 bits per heavy atom. The predicted octanol–water partition coefficient (Wildman–Crippen LogP) is 1.99. The van der Waals surface area contributed by atoms with Crippen LogP contribution in [0.25, 0.3) is 0 Å². The van der Waals surface area contributed by atoms with Gasteiger partial charge in [-0.1, -0.05) is 19.8 Å².